The van der Waals surface area contributed by atoms with E-state index in [4.69, 9.17) is 31.1 Å². The van der Waals surface area contributed by atoms with Crippen molar-refractivity contribution in [1.29, 1.82) is 15.8 Å². The van der Waals surface area contributed by atoms with Crippen molar-refractivity contribution in [3.8, 4) is 52.5 Å². The fourth-order valence-electron chi connectivity index (χ4n) is 11.1. The standard InChI is InChI=1S/C24H23N5O4.C20H14N4O4.C19H12N4O4.C5H12ClN.CH2O3.BBr3.ClH.2K.H/c1-26(2)11-4-12-33-19-9-10-21-20(14-19)23-22(27(21)3)13-16(15-25)24(30)28(23)17-5-7-18(8-6-17)29(31)32;1-22-17-8-7-15(28-2)10-16(17)19-18(22)9-12(11-21)20(25)23(19)13-3-5-14(6-4-13)24(26)27;1-21-16-7-6-14(24)9-15(16)18-17(21)8-11(10-20)19(25)22(18)12-2-4-13(5-3-12)23(26)27;1-7(2)5-3-4-6;2-1-4-3;2-1(3)4;;;;/h5-10,13-14H,4,11-12H2,1-3H3;3-10H,1-2H3;2-9,24H,1H3;3-5H2,1-2H3;1,3H;;1H;;;/q;;;;;;;2*+1;-1/p-1. The molecule has 0 unspecified atom stereocenters. The minimum atomic E-state index is -0.533. The molecule has 0 bridgehead atoms. The molecule has 0 aliphatic rings. The van der Waals surface area contributed by atoms with E-state index in [1.165, 1.54) is 92.6 Å². The number of methoxy groups -OCH3 is 1. The number of aromatic nitrogens is 6. The maximum absolute atomic E-state index is 13.2. The topological polar surface area (TPSA) is 376 Å². The van der Waals surface area contributed by atoms with Gasteiger partial charge in [0.1, 0.15) is 52.1 Å². The maximum atomic E-state index is 13.2. The monoisotopic (exact) mass is 1720 g/mol. The molecule has 0 aliphatic heterocycles. The Morgan fingerprint density at radius 3 is 1.12 bits per heavy atom. The third kappa shape index (κ3) is 21.6. The molecular formula is C69H64BBr3Cl2K2N14O15. The number of aryl methyl sites for hydroxylation is 3. The van der Waals surface area contributed by atoms with Crippen molar-refractivity contribution < 1.29 is 148 Å². The molecule has 6 heterocycles. The number of nitriles is 3. The van der Waals surface area contributed by atoms with Crippen LogP contribution in [0.3, 0.4) is 0 Å². The summed E-state index contributed by atoms with van der Waals surface area (Å²) < 4.78 is 21.4. The molecular weight excluding hydrogens is 1660 g/mol. The van der Waals surface area contributed by atoms with Gasteiger partial charge in [-0.1, -0.05) is 0 Å². The number of carbonyl (C=O) groups excluding carboxylic acids is 1. The first-order valence-corrected chi connectivity index (χ1v) is 33.7. The molecule has 1 N–H and O–H groups in total. The van der Waals surface area contributed by atoms with E-state index >= 15 is 0 Å². The number of nitro groups is 3. The van der Waals surface area contributed by atoms with Crippen molar-refractivity contribution in [2.45, 2.75) is 12.8 Å². The van der Waals surface area contributed by atoms with E-state index in [0.29, 0.717) is 73.7 Å². The summed E-state index contributed by atoms with van der Waals surface area (Å²) in [6.45, 7) is 2.39. The molecule has 0 aliphatic carbocycles. The van der Waals surface area contributed by atoms with Gasteiger partial charge >= 0.3 is 106 Å². The van der Waals surface area contributed by atoms with E-state index < -0.39 is 31.4 Å². The van der Waals surface area contributed by atoms with E-state index in [1.807, 2.05) is 111 Å². The Labute approximate surface area is 727 Å². The molecule has 0 saturated heterocycles. The second kappa shape index (κ2) is 42.2. The maximum Gasteiger partial charge on any atom is 1.00 e. The molecule has 37 heteroatoms. The van der Waals surface area contributed by atoms with E-state index in [9.17, 15) is 65.6 Å². The van der Waals surface area contributed by atoms with Crippen molar-refractivity contribution in [3.63, 3.8) is 0 Å². The van der Waals surface area contributed by atoms with E-state index in [-0.39, 0.29) is 166 Å². The first-order valence-electron chi connectivity index (χ1n) is 30.5. The SMILES string of the molecule is BrB(Br)Br.CN(C)CCCCl.CN(C)CCCOc1ccc2c(c1)c1c(cc(C#N)c(=O)n1-c1ccc([N+](=O)[O-])cc1)n2C.COc1ccc2c(c1)c1c(cc(C#N)c(=O)n1-c1ccc([N+](=O)[O-])cc1)n2C.Cl.Cn1c2ccc(O)cc2c2c1cc(C#N)c(=O)n2-c1ccc([N+](=O)[O-])cc1.O=CO[O-].[H-].[K+].[K+]. The quantitative estimate of drug-likeness (QED) is 0.0216. The van der Waals surface area contributed by atoms with Crippen molar-refractivity contribution in [2.75, 3.05) is 60.9 Å². The number of nitro benzene ring substituents is 3. The van der Waals surface area contributed by atoms with Crippen LogP contribution in [0.15, 0.2) is 160 Å². The summed E-state index contributed by atoms with van der Waals surface area (Å²) >= 11 is 14.7. The van der Waals surface area contributed by atoms with Crippen molar-refractivity contribution in [2.24, 2.45) is 21.1 Å². The number of aromatic hydroxyl groups is 1. The van der Waals surface area contributed by atoms with Gasteiger partial charge < -0.3 is 49.7 Å². The number of phenolic OH excluding ortho intramolecular Hbond substituents is 1. The number of ether oxygens (including phenoxy) is 2. The van der Waals surface area contributed by atoms with Crippen LogP contribution in [0.5, 0.6) is 17.2 Å². The van der Waals surface area contributed by atoms with Crippen LogP contribution in [0.1, 0.15) is 31.0 Å². The molecule has 0 fully saturated rings. The largest absolute Gasteiger partial charge is 1.00 e. The van der Waals surface area contributed by atoms with Gasteiger partial charge in [0.2, 0.25) is 0 Å². The van der Waals surface area contributed by atoms with Gasteiger partial charge in [-0.05, 0) is 157 Å². The fraction of sp³-hybridized carbons (Fsp3) is 0.203. The molecule has 12 rings (SSSR count). The van der Waals surface area contributed by atoms with Crippen LogP contribution in [-0.4, -0.2) is 128 Å². The number of benzene rings is 6. The predicted molar refractivity (Wildman–Crippen MR) is 411 cm³/mol. The van der Waals surface area contributed by atoms with Gasteiger partial charge in [-0.25, -0.2) is 0 Å². The molecule has 540 valence electrons. The van der Waals surface area contributed by atoms with Crippen LogP contribution in [0.25, 0.3) is 82.9 Å². The van der Waals surface area contributed by atoms with Gasteiger partial charge in [0.05, 0.1) is 78.1 Å². The number of hydrogen-bond acceptors (Lipinski definition) is 20. The van der Waals surface area contributed by atoms with Crippen LogP contribution >= 0.6 is 71.3 Å². The van der Waals surface area contributed by atoms with Crippen molar-refractivity contribution in [3.05, 3.63) is 224 Å². The second-order valence-electron chi connectivity index (χ2n) is 22.7. The number of alkyl halides is 1. The molecule has 106 heavy (non-hydrogen) atoms. The Bertz CT molecular complexity index is 5510. The van der Waals surface area contributed by atoms with E-state index in [2.05, 4.69) is 62.0 Å². The number of halogens is 5. The van der Waals surface area contributed by atoms with Crippen LogP contribution in [-0.2, 0) is 30.8 Å². The summed E-state index contributed by atoms with van der Waals surface area (Å²) in [6, 6.07) is 43.4. The van der Waals surface area contributed by atoms with Gasteiger partial charge in [0.25, 0.3) is 40.2 Å². The third-order valence-electron chi connectivity index (χ3n) is 15.7. The molecule has 0 amide bonds. The summed E-state index contributed by atoms with van der Waals surface area (Å²) in [7, 11) is 15.2. The molecule has 0 spiro atoms. The summed E-state index contributed by atoms with van der Waals surface area (Å²) in [4.78, 5) is 86.0. The Morgan fingerprint density at radius 1 is 0.538 bits per heavy atom. The summed E-state index contributed by atoms with van der Waals surface area (Å²) in [5.41, 5.74) is 5.71. The van der Waals surface area contributed by atoms with Crippen LogP contribution in [0, 0.1) is 64.3 Å². The predicted octanol–water partition coefficient (Wildman–Crippen LogP) is 6.14. The molecule has 0 atom stereocenters. The Hall–Kier alpha value is -7.65. The average molecular weight is 1730 g/mol. The summed E-state index contributed by atoms with van der Waals surface area (Å²) in [6.07, 6.45) is 1.97. The van der Waals surface area contributed by atoms with Crippen molar-refractivity contribution in [1.82, 2.24) is 37.2 Å². The smallest absolute Gasteiger partial charge is 1.00 e. The zero-order valence-corrected chi connectivity index (χ0v) is 71.2. The van der Waals surface area contributed by atoms with E-state index in [1.54, 1.807) is 44.5 Å². The number of pyridine rings is 3. The number of carbonyl (C=O) groups is 1. The Morgan fingerprint density at radius 2 is 0.840 bits per heavy atom. The van der Waals surface area contributed by atoms with Gasteiger partial charge in [0.15, 0.2) is 0 Å². The van der Waals surface area contributed by atoms with Crippen LogP contribution in [0.4, 0.5) is 17.1 Å². The Balaban J connectivity index is 0.000000374. The van der Waals surface area contributed by atoms with Crippen LogP contribution in [0.2, 0.25) is 0 Å². The van der Waals surface area contributed by atoms with E-state index in [0.717, 1.165) is 59.1 Å². The van der Waals surface area contributed by atoms with Crippen LogP contribution < -0.4 is 134 Å². The minimum absolute atomic E-state index is 0. The number of fused-ring (bicyclic) bond motifs is 9. The average Bonchev–Trinajstić information content (AvgIpc) is 1.59. The molecule has 29 nitrogen and oxygen atoms in total. The first kappa shape index (κ1) is 90.7. The third-order valence-corrected chi connectivity index (χ3v) is 16.0. The zero-order valence-electron chi connectivity index (χ0n) is 59.6. The summed E-state index contributed by atoms with van der Waals surface area (Å²) in [5.74, 6) is 2.13. The van der Waals surface area contributed by atoms with Gasteiger partial charge in [-0.3, -0.25) is 63.2 Å². The van der Waals surface area contributed by atoms with Crippen molar-refractivity contribution >= 4 is 164 Å². The number of nitrogens with zero attached hydrogens (tertiary/aromatic N) is 14. The normalized spacial score (nSPS) is 10.3. The first-order chi connectivity index (χ1) is 49.1. The molecule has 0 radical (unpaired) electrons. The second-order valence-corrected chi connectivity index (χ2v) is 29.5. The summed E-state index contributed by atoms with van der Waals surface area (Å²) in [5, 5.41) is 81.8. The zero-order chi connectivity index (χ0) is 75.7. The Kier molecular flexibility index (Phi) is 36.1. The molecule has 6 aromatic carbocycles. The van der Waals surface area contributed by atoms with Gasteiger partial charge in [-0.2, -0.15) is 15.8 Å². The van der Waals surface area contributed by atoms with Gasteiger partial charge in [0, 0.05) is 103 Å². The fourth-order valence-corrected chi connectivity index (χ4v) is 11.2. The van der Waals surface area contributed by atoms with Gasteiger partial charge in [-0.15, -0.1) is 71.3 Å². The number of hydrogen-bond donors (Lipinski definition) is 1. The number of rotatable bonds is 16. The number of phenols is 1. The molecule has 12 aromatic rings. The molecule has 6 aromatic heterocycles. The minimum Gasteiger partial charge on any atom is -1.00 e. The molecule has 0 saturated carbocycles. The number of non-ortho nitro benzene ring substituents is 3.